The third kappa shape index (κ3) is 2.25. The van der Waals surface area contributed by atoms with E-state index in [-0.39, 0.29) is 11.8 Å². The molecular formula is C26H15NO2. The molecule has 0 radical (unpaired) electrons. The molecule has 5 aromatic rings. The van der Waals surface area contributed by atoms with Gasteiger partial charge in [-0.05, 0) is 61.6 Å². The van der Waals surface area contributed by atoms with Crippen molar-refractivity contribution in [1.29, 1.82) is 0 Å². The summed E-state index contributed by atoms with van der Waals surface area (Å²) in [5.74, 6) is -0.661. The average Bonchev–Trinajstić information content (AvgIpc) is 3.05. The molecule has 5 aromatic carbocycles. The Kier molecular flexibility index (Phi) is 3.18. The van der Waals surface area contributed by atoms with Gasteiger partial charge in [0.05, 0.1) is 11.1 Å². The van der Waals surface area contributed by atoms with Crippen LogP contribution in [0, 0.1) is 0 Å². The fraction of sp³-hybridized carbons (Fsp3) is 0. The zero-order chi connectivity index (χ0) is 19.5. The summed E-state index contributed by atoms with van der Waals surface area (Å²) in [4.78, 5) is 24.7. The van der Waals surface area contributed by atoms with Gasteiger partial charge in [-0.1, -0.05) is 66.7 Å². The first kappa shape index (κ1) is 16.0. The smallest absolute Gasteiger partial charge is 0.259 e. The molecule has 136 valence electrons. The molecule has 6 rings (SSSR count). The molecular weight excluding hydrogens is 358 g/mol. The highest BCUT2D eigenvalue weighted by Crippen LogP contribution is 2.38. The monoisotopic (exact) mass is 373 g/mol. The van der Waals surface area contributed by atoms with E-state index < -0.39 is 0 Å². The Morgan fingerprint density at radius 1 is 0.517 bits per heavy atom. The Bertz CT molecular complexity index is 1510. The van der Waals surface area contributed by atoms with Crippen molar-refractivity contribution in [3.63, 3.8) is 0 Å². The lowest BCUT2D eigenvalue weighted by Gasteiger charge is -2.13. The minimum absolute atomic E-state index is 0.330. The van der Waals surface area contributed by atoms with E-state index in [2.05, 4.69) is 47.8 Å². The molecule has 0 bridgehead atoms. The minimum Gasteiger partial charge on any atom is -0.288 e. The summed E-state index contributed by atoms with van der Waals surface area (Å²) in [6.45, 7) is 0. The molecule has 2 amide bonds. The molecule has 0 saturated heterocycles. The molecule has 1 N–H and O–H groups in total. The van der Waals surface area contributed by atoms with Gasteiger partial charge >= 0.3 is 0 Å². The minimum atomic E-state index is -0.331. The van der Waals surface area contributed by atoms with Gasteiger partial charge in [-0.3, -0.25) is 14.9 Å². The maximum atomic E-state index is 12.5. The Hall–Kier alpha value is -3.98. The maximum Gasteiger partial charge on any atom is 0.259 e. The van der Waals surface area contributed by atoms with Crippen molar-refractivity contribution in [2.24, 2.45) is 0 Å². The second kappa shape index (κ2) is 5.76. The van der Waals surface area contributed by atoms with Gasteiger partial charge in [-0.25, -0.2) is 0 Å². The average molecular weight is 373 g/mol. The van der Waals surface area contributed by atoms with Gasteiger partial charge in [0.15, 0.2) is 0 Å². The molecule has 1 aliphatic rings. The predicted molar refractivity (Wildman–Crippen MR) is 116 cm³/mol. The second-order valence-corrected chi connectivity index (χ2v) is 7.40. The lowest BCUT2D eigenvalue weighted by atomic mass is 9.89. The molecule has 0 spiro atoms. The molecule has 1 heterocycles. The van der Waals surface area contributed by atoms with E-state index in [9.17, 15) is 9.59 Å². The van der Waals surface area contributed by atoms with Crippen LogP contribution in [0.5, 0.6) is 0 Å². The summed E-state index contributed by atoms with van der Waals surface area (Å²) in [5.41, 5.74) is 2.65. The third-order valence-electron chi connectivity index (χ3n) is 5.78. The number of hydrogen-bond donors (Lipinski definition) is 1. The van der Waals surface area contributed by atoms with Crippen LogP contribution in [-0.4, -0.2) is 11.8 Å². The molecule has 0 saturated carbocycles. The van der Waals surface area contributed by atoms with Crippen molar-refractivity contribution in [3.8, 4) is 11.1 Å². The number of carbonyl (C=O) groups excluding carboxylic acids is 2. The van der Waals surface area contributed by atoms with Crippen molar-refractivity contribution < 1.29 is 9.59 Å². The van der Waals surface area contributed by atoms with Crippen LogP contribution in [0.4, 0.5) is 0 Å². The van der Waals surface area contributed by atoms with E-state index in [0.29, 0.717) is 11.1 Å². The molecule has 0 fully saturated rings. The summed E-state index contributed by atoms with van der Waals surface area (Å²) in [6, 6.07) is 28.6. The van der Waals surface area contributed by atoms with Crippen LogP contribution in [0.2, 0.25) is 0 Å². The summed E-state index contributed by atoms with van der Waals surface area (Å²) in [7, 11) is 0. The number of nitrogens with one attached hydrogen (secondary N) is 1. The number of fused-ring (bicyclic) bond motifs is 5. The predicted octanol–water partition coefficient (Wildman–Crippen LogP) is 5.70. The van der Waals surface area contributed by atoms with Crippen LogP contribution in [0.1, 0.15) is 20.7 Å². The molecule has 1 aliphatic heterocycles. The van der Waals surface area contributed by atoms with Crippen molar-refractivity contribution >= 4 is 44.1 Å². The standard InChI is InChI=1S/C26H15NO2/c28-25-21-10-4-9-20(24(21)26(29)27-25)19-8-3-7-15-11-12-18-13-16-5-1-2-6-17(16)14-22(18)23(15)19/h1-14H,(H,27,28,29). The van der Waals surface area contributed by atoms with Crippen molar-refractivity contribution in [2.45, 2.75) is 0 Å². The Labute approximate surface area is 166 Å². The Balaban J connectivity index is 1.77. The van der Waals surface area contributed by atoms with Gasteiger partial charge < -0.3 is 0 Å². The molecule has 3 nitrogen and oxygen atoms in total. The number of carbonyl (C=O) groups is 2. The summed E-state index contributed by atoms with van der Waals surface area (Å²) < 4.78 is 0. The quantitative estimate of drug-likeness (QED) is 0.233. The van der Waals surface area contributed by atoms with Crippen molar-refractivity contribution in [3.05, 3.63) is 96.1 Å². The molecule has 3 heteroatoms. The van der Waals surface area contributed by atoms with Crippen LogP contribution in [0.3, 0.4) is 0 Å². The maximum absolute atomic E-state index is 12.5. The molecule has 0 aromatic heterocycles. The first-order valence-corrected chi connectivity index (χ1v) is 9.54. The van der Waals surface area contributed by atoms with Crippen LogP contribution >= 0.6 is 0 Å². The highest BCUT2D eigenvalue weighted by Gasteiger charge is 2.30. The van der Waals surface area contributed by atoms with E-state index in [0.717, 1.165) is 32.7 Å². The van der Waals surface area contributed by atoms with Gasteiger partial charge in [0, 0.05) is 0 Å². The zero-order valence-electron chi connectivity index (χ0n) is 15.4. The van der Waals surface area contributed by atoms with Gasteiger partial charge in [0.25, 0.3) is 11.8 Å². The largest absolute Gasteiger partial charge is 0.288 e. The topological polar surface area (TPSA) is 46.2 Å². The number of imide groups is 1. The van der Waals surface area contributed by atoms with Gasteiger partial charge in [0.2, 0.25) is 0 Å². The van der Waals surface area contributed by atoms with Gasteiger partial charge in [-0.2, -0.15) is 0 Å². The first-order valence-electron chi connectivity index (χ1n) is 9.54. The normalized spacial score (nSPS) is 13.2. The fourth-order valence-corrected chi connectivity index (χ4v) is 4.47. The lowest BCUT2D eigenvalue weighted by molar-refractivity contribution is 0.0880. The van der Waals surface area contributed by atoms with E-state index in [1.165, 1.54) is 10.8 Å². The molecule has 0 unspecified atom stereocenters. The van der Waals surface area contributed by atoms with Crippen LogP contribution in [0.25, 0.3) is 43.4 Å². The van der Waals surface area contributed by atoms with Gasteiger partial charge in [0.1, 0.15) is 0 Å². The first-order chi connectivity index (χ1) is 14.2. The van der Waals surface area contributed by atoms with Gasteiger partial charge in [-0.15, -0.1) is 0 Å². The van der Waals surface area contributed by atoms with Crippen molar-refractivity contribution in [2.75, 3.05) is 0 Å². The van der Waals surface area contributed by atoms with Crippen molar-refractivity contribution in [1.82, 2.24) is 5.32 Å². The Morgan fingerprint density at radius 2 is 1.17 bits per heavy atom. The highest BCUT2D eigenvalue weighted by molar-refractivity contribution is 6.26. The molecule has 0 aliphatic carbocycles. The third-order valence-corrected chi connectivity index (χ3v) is 5.78. The molecule has 0 atom stereocenters. The van der Waals surface area contributed by atoms with E-state index in [4.69, 9.17) is 0 Å². The summed E-state index contributed by atoms with van der Waals surface area (Å²) >= 11 is 0. The number of rotatable bonds is 1. The summed E-state index contributed by atoms with van der Waals surface area (Å²) in [5, 5.41) is 9.28. The summed E-state index contributed by atoms with van der Waals surface area (Å²) in [6.07, 6.45) is 0. The zero-order valence-corrected chi connectivity index (χ0v) is 15.4. The van der Waals surface area contributed by atoms with E-state index in [1.807, 2.05) is 36.4 Å². The molecule has 29 heavy (non-hydrogen) atoms. The van der Waals surface area contributed by atoms with Crippen LogP contribution in [0.15, 0.2) is 84.9 Å². The van der Waals surface area contributed by atoms with E-state index in [1.54, 1.807) is 6.07 Å². The number of benzene rings is 5. The SMILES string of the molecule is O=C1NC(=O)c2c1cccc2-c1cccc2ccc3cc4ccccc4cc3c12. The van der Waals surface area contributed by atoms with Crippen LogP contribution in [-0.2, 0) is 0 Å². The Morgan fingerprint density at radius 3 is 2.03 bits per heavy atom. The number of hydrogen-bond acceptors (Lipinski definition) is 2. The lowest BCUT2D eigenvalue weighted by Crippen LogP contribution is -2.20. The fourth-order valence-electron chi connectivity index (χ4n) is 4.47. The van der Waals surface area contributed by atoms with E-state index >= 15 is 0 Å². The highest BCUT2D eigenvalue weighted by atomic mass is 16.2. The van der Waals surface area contributed by atoms with Crippen LogP contribution < -0.4 is 5.32 Å². The second-order valence-electron chi connectivity index (χ2n) is 7.40. The number of amides is 2.